The van der Waals surface area contributed by atoms with E-state index < -0.39 is 6.04 Å². The van der Waals surface area contributed by atoms with E-state index in [1.807, 2.05) is 25.1 Å². The minimum Gasteiger partial charge on any atom is -0.495 e. The van der Waals surface area contributed by atoms with Crippen LogP contribution < -0.4 is 25.6 Å². The van der Waals surface area contributed by atoms with Crippen LogP contribution >= 0.6 is 0 Å². The van der Waals surface area contributed by atoms with Crippen molar-refractivity contribution >= 4 is 17.6 Å². The van der Waals surface area contributed by atoms with Crippen LogP contribution in [0.15, 0.2) is 24.3 Å². The zero-order valence-electron chi connectivity index (χ0n) is 15.5. The fourth-order valence-electron chi connectivity index (χ4n) is 3.70. The van der Waals surface area contributed by atoms with Crippen molar-refractivity contribution in [3.63, 3.8) is 0 Å². The summed E-state index contributed by atoms with van der Waals surface area (Å²) in [6.07, 6.45) is 1.89. The van der Waals surface area contributed by atoms with Gasteiger partial charge in [0, 0.05) is 26.2 Å². The first-order valence-corrected chi connectivity index (χ1v) is 9.28. The van der Waals surface area contributed by atoms with Crippen molar-refractivity contribution < 1.29 is 14.3 Å². The molecule has 2 aliphatic heterocycles. The van der Waals surface area contributed by atoms with Gasteiger partial charge in [-0.2, -0.15) is 0 Å². The van der Waals surface area contributed by atoms with Gasteiger partial charge in [-0.15, -0.1) is 0 Å². The van der Waals surface area contributed by atoms with Gasteiger partial charge in [-0.1, -0.05) is 19.1 Å². The number of benzene rings is 1. The van der Waals surface area contributed by atoms with Crippen molar-refractivity contribution in [3.05, 3.63) is 24.3 Å². The minimum absolute atomic E-state index is 0.0953. The van der Waals surface area contributed by atoms with Crippen molar-refractivity contribution in [1.82, 2.24) is 16.0 Å². The Morgan fingerprint density at radius 2 is 2.15 bits per heavy atom. The number of urea groups is 1. The molecule has 0 aliphatic carbocycles. The predicted octanol–water partition coefficient (Wildman–Crippen LogP) is 1.35. The highest BCUT2D eigenvalue weighted by Crippen LogP contribution is 2.31. The molecule has 0 bridgehead atoms. The second-order valence-electron chi connectivity index (χ2n) is 7.16. The summed E-state index contributed by atoms with van der Waals surface area (Å²) in [6.45, 7) is 5.09. The maximum absolute atomic E-state index is 12.2. The van der Waals surface area contributed by atoms with Crippen LogP contribution in [0.1, 0.15) is 19.8 Å². The van der Waals surface area contributed by atoms with Gasteiger partial charge in [0.05, 0.1) is 12.8 Å². The summed E-state index contributed by atoms with van der Waals surface area (Å²) in [5.41, 5.74) is 1.09. The molecule has 3 amide bonds. The summed E-state index contributed by atoms with van der Waals surface area (Å²) in [5, 5.41) is 8.53. The lowest BCUT2D eigenvalue weighted by atomic mass is 9.94. The Kier molecular flexibility index (Phi) is 5.85. The molecule has 2 aliphatic rings. The lowest BCUT2D eigenvalue weighted by Gasteiger charge is -2.29. The number of nitrogens with zero attached hydrogens (tertiary/aromatic N) is 1. The highest BCUT2D eigenvalue weighted by molar-refractivity contribution is 5.87. The summed E-state index contributed by atoms with van der Waals surface area (Å²) in [6, 6.07) is 7.28. The van der Waals surface area contributed by atoms with Gasteiger partial charge in [-0.25, -0.2) is 4.79 Å². The standard InChI is InChI=1S/C19H28N4O3/c1-13-7-9-20-18(24)17(13)22-19(25)21-11-14-8-10-23(12-14)15-5-3-4-6-16(15)26-2/h3-6,13-14,17H,7-12H2,1-2H3,(H,20,24)(H2,21,22,25). The quantitative estimate of drug-likeness (QED) is 0.740. The van der Waals surface area contributed by atoms with Crippen LogP contribution in [0.4, 0.5) is 10.5 Å². The van der Waals surface area contributed by atoms with Crippen LogP contribution in [0.2, 0.25) is 0 Å². The van der Waals surface area contributed by atoms with E-state index in [1.165, 1.54) is 0 Å². The smallest absolute Gasteiger partial charge is 0.315 e. The highest BCUT2D eigenvalue weighted by atomic mass is 16.5. The van der Waals surface area contributed by atoms with E-state index in [0.717, 1.165) is 37.4 Å². The average Bonchev–Trinajstić information content (AvgIpc) is 3.12. The average molecular weight is 360 g/mol. The third kappa shape index (κ3) is 4.20. The molecule has 0 spiro atoms. The summed E-state index contributed by atoms with van der Waals surface area (Å²) < 4.78 is 5.44. The molecule has 0 radical (unpaired) electrons. The van der Waals surface area contributed by atoms with Gasteiger partial charge in [0.15, 0.2) is 0 Å². The molecule has 3 unspecified atom stereocenters. The van der Waals surface area contributed by atoms with Crippen LogP contribution in [-0.4, -0.2) is 51.3 Å². The van der Waals surface area contributed by atoms with E-state index in [-0.39, 0.29) is 17.9 Å². The van der Waals surface area contributed by atoms with E-state index in [0.29, 0.717) is 19.0 Å². The van der Waals surface area contributed by atoms with E-state index >= 15 is 0 Å². The van der Waals surface area contributed by atoms with Gasteiger partial charge in [-0.3, -0.25) is 4.79 Å². The first-order valence-electron chi connectivity index (χ1n) is 9.28. The molecule has 2 fully saturated rings. The number of para-hydroxylation sites is 2. The molecule has 2 saturated heterocycles. The van der Waals surface area contributed by atoms with Crippen LogP contribution in [0.25, 0.3) is 0 Å². The molecule has 3 rings (SSSR count). The molecule has 0 saturated carbocycles. The molecule has 7 nitrogen and oxygen atoms in total. The number of nitrogens with one attached hydrogen (secondary N) is 3. The molecule has 1 aromatic carbocycles. The number of anilines is 1. The van der Waals surface area contributed by atoms with Gasteiger partial charge < -0.3 is 25.6 Å². The fourth-order valence-corrected chi connectivity index (χ4v) is 3.70. The van der Waals surface area contributed by atoms with Crippen molar-refractivity contribution in [3.8, 4) is 5.75 Å². The normalized spacial score (nSPS) is 25.5. The van der Waals surface area contributed by atoms with Crippen LogP contribution in [-0.2, 0) is 4.79 Å². The Morgan fingerprint density at radius 3 is 2.92 bits per heavy atom. The molecule has 2 heterocycles. The van der Waals surface area contributed by atoms with Gasteiger partial charge >= 0.3 is 6.03 Å². The van der Waals surface area contributed by atoms with Crippen LogP contribution in [0, 0.1) is 11.8 Å². The minimum atomic E-state index is -0.447. The first-order chi connectivity index (χ1) is 12.6. The van der Waals surface area contributed by atoms with Crippen molar-refractivity contribution in [1.29, 1.82) is 0 Å². The lowest BCUT2D eigenvalue weighted by molar-refractivity contribution is -0.125. The Hall–Kier alpha value is -2.44. The highest BCUT2D eigenvalue weighted by Gasteiger charge is 2.30. The molecule has 1 aromatic rings. The van der Waals surface area contributed by atoms with E-state index in [2.05, 4.69) is 26.9 Å². The Labute approximate surface area is 154 Å². The maximum atomic E-state index is 12.2. The Bertz CT molecular complexity index is 651. The zero-order valence-corrected chi connectivity index (χ0v) is 15.5. The maximum Gasteiger partial charge on any atom is 0.315 e. The number of hydrogen-bond donors (Lipinski definition) is 3. The molecular weight excluding hydrogens is 332 g/mol. The summed E-state index contributed by atoms with van der Waals surface area (Å²) in [7, 11) is 1.68. The second kappa shape index (κ2) is 8.29. The van der Waals surface area contributed by atoms with E-state index in [4.69, 9.17) is 4.74 Å². The molecular formula is C19H28N4O3. The molecule has 142 valence electrons. The first kappa shape index (κ1) is 18.4. The van der Waals surface area contributed by atoms with E-state index in [9.17, 15) is 9.59 Å². The number of amides is 3. The Morgan fingerprint density at radius 1 is 1.35 bits per heavy atom. The fraction of sp³-hybridized carbons (Fsp3) is 0.579. The molecule has 3 N–H and O–H groups in total. The van der Waals surface area contributed by atoms with Gasteiger partial charge in [-0.05, 0) is 36.8 Å². The van der Waals surface area contributed by atoms with Gasteiger partial charge in [0.1, 0.15) is 11.8 Å². The third-order valence-corrected chi connectivity index (χ3v) is 5.30. The number of rotatable bonds is 5. The molecule has 3 atom stereocenters. The number of ether oxygens (including phenoxy) is 1. The summed E-state index contributed by atoms with van der Waals surface area (Å²) >= 11 is 0. The zero-order chi connectivity index (χ0) is 18.5. The van der Waals surface area contributed by atoms with Gasteiger partial charge in [0.25, 0.3) is 0 Å². The van der Waals surface area contributed by atoms with Crippen molar-refractivity contribution in [2.75, 3.05) is 38.2 Å². The third-order valence-electron chi connectivity index (χ3n) is 5.30. The molecule has 26 heavy (non-hydrogen) atoms. The van der Waals surface area contributed by atoms with Crippen molar-refractivity contribution in [2.45, 2.75) is 25.8 Å². The predicted molar refractivity (Wildman–Crippen MR) is 100 cm³/mol. The second-order valence-corrected chi connectivity index (χ2v) is 7.16. The van der Waals surface area contributed by atoms with Crippen LogP contribution in [0.5, 0.6) is 5.75 Å². The van der Waals surface area contributed by atoms with Crippen molar-refractivity contribution in [2.24, 2.45) is 11.8 Å². The lowest BCUT2D eigenvalue weighted by Crippen LogP contribution is -2.56. The monoisotopic (exact) mass is 360 g/mol. The number of carbonyl (C=O) groups excluding carboxylic acids is 2. The largest absolute Gasteiger partial charge is 0.495 e. The number of methoxy groups -OCH3 is 1. The van der Waals surface area contributed by atoms with Crippen LogP contribution in [0.3, 0.4) is 0 Å². The molecule has 7 heteroatoms. The van der Waals surface area contributed by atoms with E-state index in [1.54, 1.807) is 7.11 Å². The number of piperidine rings is 1. The number of carbonyl (C=O) groups is 2. The SMILES string of the molecule is COc1ccccc1N1CCC(CNC(=O)NC2C(=O)NCCC2C)C1. The Balaban J connectivity index is 1.47. The van der Waals surface area contributed by atoms with Gasteiger partial charge in [0.2, 0.25) is 5.91 Å². The summed E-state index contributed by atoms with van der Waals surface area (Å²) in [5.74, 6) is 1.31. The topological polar surface area (TPSA) is 82.7 Å². The summed E-state index contributed by atoms with van der Waals surface area (Å²) in [4.78, 5) is 26.4. The number of hydrogen-bond acceptors (Lipinski definition) is 4. The molecule has 0 aromatic heterocycles.